The van der Waals surface area contributed by atoms with Crippen LogP contribution in [0, 0.1) is 0 Å². The summed E-state index contributed by atoms with van der Waals surface area (Å²) in [6.07, 6.45) is 1.09. The number of hydrogen-bond donors (Lipinski definition) is 1. The number of rotatable bonds is 5. The highest BCUT2D eigenvalue weighted by atomic mass is 79.9. The van der Waals surface area contributed by atoms with Crippen LogP contribution in [0.4, 0.5) is 0 Å². The molecule has 0 aliphatic heterocycles. The van der Waals surface area contributed by atoms with E-state index in [1.807, 2.05) is 11.3 Å². The van der Waals surface area contributed by atoms with E-state index in [9.17, 15) is 0 Å². The van der Waals surface area contributed by atoms with Gasteiger partial charge in [0.25, 0.3) is 0 Å². The molecule has 0 saturated heterocycles. The first-order chi connectivity index (χ1) is 8.25. The molecule has 0 fully saturated rings. The molecule has 0 aliphatic rings. The first kappa shape index (κ1) is 12.8. The van der Waals surface area contributed by atoms with Gasteiger partial charge < -0.3 is 5.32 Å². The van der Waals surface area contributed by atoms with Crippen LogP contribution in [0.25, 0.3) is 0 Å². The van der Waals surface area contributed by atoms with Crippen LogP contribution in [0.3, 0.4) is 0 Å². The monoisotopic (exact) mass is 309 g/mol. The van der Waals surface area contributed by atoms with E-state index in [-0.39, 0.29) is 0 Å². The number of benzene rings is 1. The van der Waals surface area contributed by atoms with Crippen molar-refractivity contribution in [3.05, 3.63) is 56.7 Å². The van der Waals surface area contributed by atoms with Crippen molar-refractivity contribution in [3.8, 4) is 0 Å². The first-order valence-corrected chi connectivity index (χ1v) is 7.39. The normalized spacial score (nSPS) is 12.6. The molecule has 0 amide bonds. The van der Waals surface area contributed by atoms with Gasteiger partial charge in [-0.25, -0.2) is 0 Å². The minimum Gasteiger partial charge on any atom is -0.310 e. The van der Waals surface area contributed by atoms with Gasteiger partial charge in [0.05, 0.1) is 3.79 Å². The number of nitrogens with one attached hydrogen (secondary N) is 1. The highest BCUT2D eigenvalue weighted by Gasteiger charge is 2.03. The van der Waals surface area contributed by atoms with E-state index in [0.717, 1.165) is 13.0 Å². The predicted molar refractivity (Wildman–Crippen MR) is 78.6 cm³/mol. The molecule has 0 aliphatic carbocycles. The van der Waals surface area contributed by atoms with Crippen molar-refractivity contribution in [1.82, 2.24) is 5.32 Å². The van der Waals surface area contributed by atoms with E-state index in [1.54, 1.807) is 0 Å². The molecule has 1 nitrogen and oxygen atoms in total. The standard InChI is InChI=1S/C14H16BrNS/c1-11(12-5-3-2-4-6-12)16-10-9-13-7-8-14(15)17-13/h2-8,11,16H,9-10H2,1H3. The summed E-state index contributed by atoms with van der Waals surface area (Å²) in [7, 11) is 0. The van der Waals surface area contributed by atoms with E-state index >= 15 is 0 Å². The Kier molecular flexibility index (Phi) is 4.77. The lowest BCUT2D eigenvalue weighted by atomic mass is 10.1. The van der Waals surface area contributed by atoms with Crippen molar-refractivity contribution in [1.29, 1.82) is 0 Å². The molecule has 1 N–H and O–H groups in total. The molecule has 0 bridgehead atoms. The zero-order valence-corrected chi connectivity index (χ0v) is 12.2. The average molecular weight is 310 g/mol. The van der Waals surface area contributed by atoms with Gasteiger partial charge >= 0.3 is 0 Å². The molecule has 3 heteroatoms. The van der Waals surface area contributed by atoms with E-state index < -0.39 is 0 Å². The molecule has 0 radical (unpaired) electrons. The molecule has 1 atom stereocenters. The molecule has 0 spiro atoms. The Labute approximate surface area is 115 Å². The number of halogens is 1. The van der Waals surface area contributed by atoms with Gasteiger partial charge in [-0.1, -0.05) is 30.3 Å². The van der Waals surface area contributed by atoms with Gasteiger partial charge in [-0.3, -0.25) is 0 Å². The van der Waals surface area contributed by atoms with Crippen LogP contribution < -0.4 is 5.32 Å². The van der Waals surface area contributed by atoms with E-state index in [0.29, 0.717) is 6.04 Å². The summed E-state index contributed by atoms with van der Waals surface area (Å²) < 4.78 is 1.21. The smallest absolute Gasteiger partial charge is 0.0701 e. The third-order valence-electron chi connectivity index (χ3n) is 2.75. The highest BCUT2D eigenvalue weighted by molar-refractivity contribution is 9.11. The Balaban J connectivity index is 1.79. The Hall–Kier alpha value is -0.640. The molecule has 0 saturated carbocycles. The highest BCUT2D eigenvalue weighted by Crippen LogP contribution is 2.22. The van der Waals surface area contributed by atoms with Gasteiger partial charge in [-0.05, 0) is 47.0 Å². The SMILES string of the molecule is CC(NCCc1ccc(Br)s1)c1ccccc1. The molecule has 2 rings (SSSR count). The zero-order chi connectivity index (χ0) is 12.1. The van der Waals surface area contributed by atoms with E-state index in [2.05, 4.69) is 70.6 Å². The molecule has 1 unspecified atom stereocenters. The second-order valence-electron chi connectivity index (χ2n) is 4.04. The van der Waals surface area contributed by atoms with Crippen LogP contribution in [-0.4, -0.2) is 6.54 Å². The third kappa shape index (κ3) is 3.95. The summed E-state index contributed by atoms with van der Waals surface area (Å²) in [5.74, 6) is 0. The van der Waals surface area contributed by atoms with Gasteiger partial charge in [0.2, 0.25) is 0 Å². The third-order valence-corrected chi connectivity index (χ3v) is 4.43. The summed E-state index contributed by atoms with van der Waals surface area (Å²) in [6.45, 7) is 3.22. The Bertz CT molecular complexity index is 452. The summed E-state index contributed by atoms with van der Waals surface area (Å²) in [5, 5.41) is 3.55. The lowest BCUT2D eigenvalue weighted by Crippen LogP contribution is -2.20. The van der Waals surface area contributed by atoms with Crippen molar-refractivity contribution in [3.63, 3.8) is 0 Å². The molecule has 2 aromatic rings. The molecular formula is C14H16BrNS. The molecule has 1 heterocycles. The fourth-order valence-corrected chi connectivity index (χ4v) is 3.24. The van der Waals surface area contributed by atoms with Crippen LogP contribution in [0.5, 0.6) is 0 Å². The lowest BCUT2D eigenvalue weighted by molar-refractivity contribution is 0.578. The quantitative estimate of drug-likeness (QED) is 0.863. The van der Waals surface area contributed by atoms with Gasteiger partial charge in [0.15, 0.2) is 0 Å². The van der Waals surface area contributed by atoms with E-state index in [1.165, 1.54) is 14.2 Å². The predicted octanol–water partition coefficient (Wildman–Crippen LogP) is 4.40. The molecule has 1 aromatic heterocycles. The van der Waals surface area contributed by atoms with Crippen molar-refractivity contribution < 1.29 is 0 Å². The largest absolute Gasteiger partial charge is 0.310 e. The van der Waals surface area contributed by atoms with Crippen molar-refractivity contribution in [2.24, 2.45) is 0 Å². The van der Waals surface area contributed by atoms with E-state index in [4.69, 9.17) is 0 Å². The lowest BCUT2D eigenvalue weighted by Gasteiger charge is -2.13. The summed E-state index contributed by atoms with van der Waals surface area (Å²) in [5.41, 5.74) is 1.35. The zero-order valence-electron chi connectivity index (χ0n) is 9.82. The Morgan fingerprint density at radius 3 is 2.59 bits per heavy atom. The Morgan fingerprint density at radius 2 is 1.94 bits per heavy atom. The van der Waals surface area contributed by atoms with Gasteiger partial charge in [0.1, 0.15) is 0 Å². The van der Waals surface area contributed by atoms with Crippen LogP contribution in [0.1, 0.15) is 23.4 Å². The maximum atomic E-state index is 3.55. The summed E-state index contributed by atoms with van der Waals surface area (Å²) >= 11 is 5.30. The Morgan fingerprint density at radius 1 is 1.18 bits per heavy atom. The van der Waals surface area contributed by atoms with Crippen molar-refractivity contribution >= 4 is 27.3 Å². The average Bonchev–Trinajstić information content (AvgIpc) is 2.76. The number of thiophene rings is 1. The second kappa shape index (κ2) is 6.34. The van der Waals surface area contributed by atoms with Crippen LogP contribution >= 0.6 is 27.3 Å². The van der Waals surface area contributed by atoms with Gasteiger partial charge in [-0.15, -0.1) is 11.3 Å². The van der Waals surface area contributed by atoms with Crippen molar-refractivity contribution in [2.75, 3.05) is 6.54 Å². The fourth-order valence-electron chi connectivity index (χ4n) is 1.76. The van der Waals surface area contributed by atoms with Gasteiger partial charge in [-0.2, -0.15) is 0 Å². The van der Waals surface area contributed by atoms with Crippen LogP contribution in [0.15, 0.2) is 46.3 Å². The molecule has 90 valence electrons. The first-order valence-electron chi connectivity index (χ1n) is 5.78. The van der Waals surface area contributed by atoms with Crippen LogP contribution in [0.2, 0.25) is 0 Å². The van der Waals surface area contributed by atoms with Gasteiger partial charge in [0, 0.05) is 17.5 Å². The van der Waals surface area contributed by atoms with Crippen molar-refractivity contribution in [2.45, 2.75) is 19.4 Å². The topological polar surface area (TPSA) is 12.0 Å². The van der Waals surface area contributed by atoms with Crippen LogP contribution in [-0.2, 0) is 6.42 Å². The molecule has 17 heavy (non-hydrogen) atoms. The summed E-state index contributed by atoms with van der Waals surface area (Å²) in [6, 6.07) is 15.3. The minimum atomic E-state index is 0.416. The number of hydrogen-bond acceptors (Lipinski definition) is 2. The minimum absolute atomic E-state index is 0.416. The molecular weight excluding hydrogens is 294 g/mol. The fraction of sp³-hybridized carbons (Fsp3) is 0.286. The summed E-state index contributed by atoms with van der Waals surface area (Å²) in [4.78, 5) is 1.42. The maximum Gasteiger partial charge on any atom is 0.0701 e. The molecule has 1 aromatic carbocycles. The second-order valence-corrected chi connectivity index (χ2v) is 6.59. The maximum absolute atomic E-state index is 3.55.